The Morgan fingerprint density at radius 1 is 1.20 bits per heavy atom. The minimum Gasteiger partial charge on any atom is -0.497 e. The molecule has 25 heavy (non-hydrogen) atoms. The Labute approximate surface area is 148 Å². The van der Waals surface area contributed by atoms with E-state index in [9.17, 15) is 4.79 Å². The van der Waals surface area contributed by atoms with E-state index in [1.54, 1.807) is 19.1 Å². The zero-order chi connectivity index (χ0) is 17.8. The van der Waals surface area contributed by atoms with E-state index < -0.39 is 0 Å². The van der Waals surface area contributed by atoms with E-state index in [0.717, 1.165) is 22.6 Å². The van der Waals surface area contributed by atoms with E-state index in [1.807, 2.05) is 49.5 Å². The Balaban J connectivity index is 1.78. The Bertz CT molecular complexity index is 759. The first-order valence-electron chi connectivity index (χ1n) is 8.31. The second kappa shape index (κ2) is 7.47. The summed E-state index contributed by atoms with van der Waals surface area (Å²) in [6.07, 6.45) is 0.694. The van der Waals surface area contributed by atoms with Crippen LogP contribution in [0.3, 0.4) is 0 Å². The van der Waals surface area contributed by atoms with Crippen LogP contribution in [-0.2, 0) is 11.3 Å². The molecule has 3 rings (SSSR count). The highest BCUT2D eigenvalue weighted by Crippen LogP contribution is 2.35. The lowest BCUT2D eigenvalue weighted by molar-refractivity contribution is -0.132. The highest BCUT2D eigenvalue weighted by Gasteiger charge is 2.29. The molecule has 0 saturated heterocycles. The number of para-hydroxylation sites is 1. The van der Waals surface area contributed by atoms with Gasteiger partial charge in [-0.2, -0.15) is 0 Å². The summed E-state index contributed by atoms with van der Waals surface area (Å²) in [5.74, 6) is 2.18. The van der Waals surface area contributed by atoms with Crippen molar-refractivity contribution in [3.63, 3.8) is 0 Å². The van der Waals surface area contributed by atoms with Crippen LogP contribution in [0.15, 0.2) is 42.5 Å². The standard InChI is InChI=1S/C20H23NO4/c1-21(13-14-8-9-15(23-2)12-19(14)24-3)20(22)17-10-11-25-18-7-5-4-6-16(17)18/h4-9,12,17H,10-11,13H2,1-3H3/t17-/m1/s1. The molecule has 1 heterocycles. The van der Waals surface area contributed by atoms with Crippen LogP contribution in [0.25, 0.3) is 0 Å². The highest BCUT2D eigenvalue weighted by atomic mass is 16.5. The number of fused-ring (bicyclic) bond motifs is 1. The number of carbonyl (C=O) groups is 1. The fourth-order valence-corrected chi connectivity index (χ4v) is 3.18. The van der Waals surface area contributed by atoms with E-state index in [1.165, 1.54) is 0 Å². The van der Waals surface area contributed by atoms with Crippen molar-refractivity contribution in [3.8, 4) is 17.2 Å². The van der Waals surface area contributed by atoms with Gasteiger partial charge in [0.2, 0.25) is 5.91 Å². The molecule has 1 atom stereocenters. The van der Waals surface area contributed by atoms with Gasteiger partial charge in [0.1, 0.15) is 17.2 Å². The Hall–Kier alpha value is -2.69. The van der Waals surface area contributed by atoms with Crippen molar-refractivity contribution in [2.45, 2.75) is 18.9 Å². The average Bonchev–Trinajstić information content (AvgIpc) is 2.67. The second-order valence-corrected chi connectivity index (χ2v) is 6.10. The van der Waals surface area contributed by atoms with Gasteiger partial charge < -0.3 is 19.1 Å². The van der Waals surface area contributed by atoms with Crippen LogP contribution in [0.1, 0.15) is 23.5 Å². The largest absolute Gasteiger partial charge is 0.497 e. The summed E-state index contributed by atoms with van der Waals surface area (Å²) in [6.45, 7) is 1.04. The molecule has 132 valence electrons. The van der Waals surface area contributed by atoms with Crippen LogP contribution in [0.5, 0.6) is 17.2 Å². The minimum absolute atomic E-state index is 0.0913. The Morgan fingerprint density at radius 3 is 2.76 bits per heavy atom. The molecule has 2 aromatic rings. The first-order valence-corrected chi connectivity index (χ1v) is 8.31. The number of hydrogen-bond donors (Lipinski definition) is 0. The van der Waals surface area contributed by atoms with Crippen molar-refractivity contribution in [1.82, 2.24) is 4.90 Å². The molecule has 1 aliphatic rings. The lowest BCUT2D eigenvalue weighted by Crippen LogP contribution is -2.34. The molecule has 0 unspecified atom stereocenters. The second-order valence-electron chi connectivity index (χ2n) is 6.10. The molecule has 0 aromatic heterocycles. The molecular weight excluding hydrogens is 318 g/mol. The number of likely N-dealkylation sites (N-methyl/N-ethyl adjacent to an activating group) is 1. The van der Waals surface area contributed by atoms with E-state index in [0.29, 0.717) is 25.3 Å². The van der Waals surface area contributed by atoms with Gasteiger partial charge >= 0.3 is 0 Å². The molecule has 0 N–H and O–H groups in total. The third-order valence-corrected chi connectivity index (χ3v) is 4.53. The van der Waals surface area contributed by atoms with Crippen molar-refractivity contribution in [3.05, 3.63) is 53.6 Å². The van der Waals surface area contributed by atoms with Gasteiger partial charge in [0.15, 0.2) is 0 Å². The molecule has 0 radical (unpaired) electrons. The molecule has 5 nitrogen and oxygen atoms in total. The quantitative estimate of drug-likeness (QED) is 0.838. The SMILES string of the molecule is COc1ccc(CN(C)C(=O)[C@@H]2CCOc3ccccc32)c(OC)c1. The smallest absolute Gasteiger partial charge is 0.230 e. The Morgan fingerprint density at radius 2 is 2.00 bits per heavy atom. The van der Waals surface area contributed by atoms with Crippen molar-refractivity contribution in [2.24, 2.45) is 0 Å². The summed E-state index contributed by atoms with van der Waals surface area (Å²) in [5.41, 5.74) is 1.91. The zero-order valence-electron chi connectivity index (χ0n) is 14.8. The van der Waals surface area contributed by atoms with Gasteiger partial charge in [0.05, 0.1) is 26.7 Å². The van der Waals surface area contributed by atoms with Crippen LogP contribution in [0, 0.1) is 0 Å². The lowest BCUT2D eigenvalue weighted by Gasteiger charge is -2.29. The summed E-state index contributed by atoms with van der Waals surface area (Å²) in [7, 11) is 5.06. The Kier molecular flexibility index (Phi) is 5.12. The maximum absolute atomic E-state index is 13.0. The van der Waals surface area contributed by atoms with Gasteiger partial charge in [0.25, 0.3) is 0 Å². The molecule has 0 spiro atoms. The maximum Gasteiger partial charge on any atom is 0.230 e. The summed E-state index contributed by atoms with van der Waals surface area (Å²) in [6, 6.07) is 13.4. The van der Waals surface area contributed by atoms with Crippen molar-refractivity contribution >= 4 is 5.91 Å². The summed E-state index contributed by atoms with van der Waals surface area (Å²) in [4.78, 5) is 14.7. The number of benzene rings is 2. The van der Waals surface area contributed by atoms with Crippen LogP contribution in [0.2, 0.25) is 0 Å². The molecule has 0 saturated carbocycles. The maximum atomic E-state index is 13.0. The predicted molar refractivity (Wildman–Crippen MR) is 95.3 cm³/mol. The number of ether oxygens (including phenoxy) is 3. The normalized spacial score (nSPS) is 15.7. The van der Waals surface area contributed by atoms with Crippen LogP contribution in [-0.4, -0.2) is 38.7 Å². The fraction of sp³-hybridized carbons (Fsp3) is 0.350. The van der Waals surface area contributed by atoms with Crippen molar-refractivity contribution < 1.29 is 19.0 Å². The van der Waals surface area contributed by atoms with Gasteiger partial charge in [-0.15, -0.1) is 0 Å². The van der Waals surface area contributed by atoms with E-state index in [2.05, 4.69) is 0 Å². The summed E-state index contributed by atoms with van der Waals surface area (Å²) >= 11 is 0. The van der Waals surface area contributed by atoms with Crippen molar-refractivity contribution in [1.29, 1.82) is 0 Å². The first-order chi connectivity index (χ1) is 12.1. The van der Waals surface area contributed by atoms with Gasteiger partial charge in [-0.25, -0.2) is 0 Å². The number of methoxy groups -OCH3 is 2. The fourth-order valence-electron chi connectivity index (χ4n) is 3.18. The third-order valence-electron chi connectivity index (χ3n) is 4.53. The molecule has 0 fully saturated rings. The van der Waals surface area contributed by atoms with E-state index >= 15 is 0 Å². The summed E-state index contributed by atoms with van der Waals surface area (Å²) < 4.78 is 16.3. The number of nitrogens with zero attached hydrogens (tertiary/aromatic N) is 1. The molecule has 0 aliphatic carbocycles. The monoisotopic (exact) mass is 341 g/mol. The highest BCUT2D eigenvalue weighted by molar-refractivity contribution is 5.84. The van der Waals surface area contributed by atoms with Crippen molar-refractivity contribution in [2.75, 3.05) is 27.9 Å². The molecule has 5 heteroatoms. The number of hydrogen-bond acceptors (Lipinski definition) is 4. The van der Waals surface area contributed by atoms with Crippen LogP contribution in [0.4, 0.5) is 0 Å². The number of rotatable bonds is 5. The van der Waals surface area contributed by atoms with Crippen LogP contribution >= 0.6 is 0 Å². The van der Waals surface area contributed by atoms with E-state index in [-0.39, 0.29) is 11.8 Å². The van der Waals surface area contributed by atoms with Gasteiger partial charge in [-0.3, -0.25) is 4.79 Å². The van der Waals surface area contributed by atoms with Crippen LogP contribution < -0.4 is 14.2 Å². The minimum atomic E-state index is -0.167. The van der Waals surface area contributed by atoms with Gasteiger partial charge in [-0.05, 0) is 24.6 Å². The van der Waals surface area contributed by atoms with Gasteiger partial charge in [-0.1, -0.05) is 18.2 Å². The van der Waals surface area contributed by atoms with E-state index in [4.69, 9.17) is 14.2 Å². The number of carbonyl (C=O) groups excluding carboxylic acids is 1. The summed E-state index contributed by atoms with van der Waals surface area (Å²) in [5, 5.41) is 0. The topological polar surface area (TPSA) is 48.0 Å². The molecular formula is C20H23NO4. The third kappa shape index (κ3) is 3.55. The molecule has 0 bridgehead atoms. The first kappa shape index (κ1) is 17.1. The molecule has 1 aliphatic heterocycles. The molecule has 2 aromatic carbocycles. The van der Waals surface area contributed by atoms with Gasteiger partial charge in [0, 0.05) is 30.8 Å². The zero-order valence-corrected chi connectivity index (χ0v) is 14.8. The average molecular weight is 341 g/mol. The predicted octanol–water partition coefficient (Wildman–Crippen LogP) is 3.23. The number of amides is 1. The molecule has 1 amide bonds. The lowest BCUT2D eigenvalue weighted by atomic mass is 9.92.